The van der Waals surface area contributed by atoms with Gasteiger partial charge in [-0.25, -0.2) is 13.8 Å². The third-order valence-electron chi connectivity index (χ3n) is 4.83. The normalized spacial score (nSPS) is 11.6. The van der Waals surface area contributed by atoms with E-state index in [9.17, 15) is 23.3 Å². The maximum Gasteiger partial charge on any atom is 0.270 e. The summed E-state index contributed by atoms with van der Waals surface area (Å²) in [5.74, 6) is -0.664. The van der Waals surface area contributed by atoms with E-state index >= 15 is 0 Å². The maximum absolute atomic E-state index is 13.3. The Bertz CT molecular complexity index is 1310. The third-order valence-corrected chi connectivity index (χ3v) is 6.60. The number of benzene rings is 3. The number of carbonyl (C=O) groups excluding carboxylic acids is 1. The first-order chi connectivity index (χ1) is 15.7. The molecule has 0 atom stereocenters. The molecule has 1 amide bonds. The van der Waals surface area contributed by atoms with Crippen LogP contribution >= 0.6 is 0 Å². The second-order valence-corrected chi connectivity index (χ2v) is 9.01. The molecule has 0 fully saturated rings. The number of anilines is 1. The first kappa shape index (κ1) is 23.6. The highest BCUT2D eigenvalue weighted by molar-refractivity contribution is 7.92. The van der Waals surface area contributed by atoms with Crippen LogP contribution in [0.5, 0.6) is 0 Å². The van der Waals surface area contributed by atoms with Gasteiger partial charge in [0.1, 0.15) is 6.54 Å². The number of sulfonamides is 1. The van der Waals surface area contributed by atoms with Gasteiger partial charge in [0.25, 0.3) is 21.6 Å². The van der Waals surface area contributed by atoms with Gasteiger partial charge in [-0.2, -0.15) is 5.10 Å². The minimum atomic E-state index is -4.03. The highest BCUT2D eigenvalue weighted by atomic mass is 32.2. The van der Waals surface area contributed by atoms with E-state index in [-0.39, 0.29) is 10.6 Å². The van der Waals surface area contributed by atoms with E-state index in [1.807, 2.05) is 0 Å². The fourth-order valence-corrected chi connectivity index (χ4v) is 4.59. The first-order valence-corrected chi connectivity index (χ1v) is 11.4. The van der Waals surface area contributed by atoms with Gasteiger partial charge in [-0.15, -0.1) is 0 Å². The Morgan fingerprint density at radius 3 is 2.36 bits per heavy atom. The Kier molecular flexibility index (Phi) is 7.19. The molecule has 3 aromatic rings. The topological polar surface area (TPSA) is 122 Å². The molecule has 9 nitrogen and oxygen atoms in total. The molecule has 170 valence electrons. The molecule has 3 rings (SSSR count). The van der Waals surface area contributed by atoms with E-state index in [0.29, 0.717) is 22.5 Å². The van der Waals surface area contributed by atoms with E-state index in [4.69, 9.17) is 0 Å². The molecule has 0 radical (unpaired) electrons. The molecule has 33 heavy (non-hydrogen) atoms. The average molecular weight is 467 g/mol. The number of nitro groups is 1. The Hall–Kier alpha value is -4.05. The zero-order valence-electron chi connectivity index (χ0n) is 18.0. The molecule has 1 N–H and O–H groups in total. The first-order valence-electron chi connectivity index (χ1n) is 9.91. The molecular formula is C23H22N4O5S. The van der Waals surface area contributed by atoms with Gasteiger partial charge < -0.3 is 0 Å². The lowest BCUT2D eigenvalue weighted by molar-refractivity contribution is -0.384. The van der Waals surface area contributed by atoms with Crippen LogP contribution in [0, 0.1) is 17.0 Å². The number of rotatable bonds is 8. The maximum atomic E-state index is 13.3. The van der Waals surface area contributed by atoms with Crippen molar-refractivity contribution >= 4 is 33.0 Å². The van der Waals surface area contributed by atoms with Crippen molar-refractivity contribution in [1.82, 2.24) is 5.43 Å². The van der Waals surface area contributed by atoms with E-state index in [2.05, 4.69) is 10.5 Å². The number of hydrogen-bond donors (Lipinski definition) is 1. The van der Waals surface area contributed by atoms with Gasteiger partial charge in [-0.1, -0.05) is 48.5 Å². The number of amides is 1. The van der Waals surface area contributed by atoms with Crippen LogP contribution < -0.4 is 9.73 Å². The van der Waals surface area contributed by atoms with E-state index in [0.717, 1.165) is 4.31 Å². The summed E-state index contributed by atoms with van der Waals surface area (Å²) in [6.07, 6.45) is 0. The highest BCUT2D eigenvalue weighted by Crippen LogP contribution is 2.26. The number of non-ortho nitro benzene ring substituents is 1. The minimum absolute atomic E-state index is 0.0531. The van der Waals surface area contributed by atoms with Crippen LogP contribution in [0.4, 0.5) is 11.4 Å². The number of hydrazone groups is 1. The second kappa shape index (κ2) is 10.0. The number of nitrogens with zero attached hydrogens (tertiary/aromatic N) is 3. The van der Waals surface area contributed by atoms with Crippen molar-refractivity contribution in [2.24, 2.45) is 5.10 Å². The SMILES string of the molecule is C/C(=N/NC(=O)CN(c1ccccc1C)S(=O)(=O)c1ccccc1)c1cccc([N+](=O)[O-])c1. The fourth-order valence-electron chi connectivity index (χ4n) is 3.08. The highest BCUT2D eigenvalue weighted by Gasteiger charge is 2.28. The van der Waals surface area contributed by atoms with Gasteiger partial charge in [0.05, 0.1) is 21.2 Å². The summed E-state index contributed by atoms with van der Waals surface area (Å²) in [6, 6.07) is 20.5. The number of nitrogens with one attached hydrogen (secondary N) is 1. The zero-order valence-corrected chi connectivity index (χ0v) is 18.8. The molecule has 0 heterocycles. The van der Waals surface area contributed by atoms with E-state index < -0.39 is 27.4 Å². The van der Waals surface area contributed by atoms with Crippen molar-refractivity contribution in [2.45, 2.75) is 18.7 Å². The number of aryl methyl sites for hydroxylation is 1. The lowest BCUT2D eigenvalue weighted by Gasteiger charge is -2.25. The van der Waals surface area contributed by atoms with Crippen LogP contribution in [0.1, 0.15) is 18.1 Å². The lowest BCUT2D eigenvalue weighted by Crippen LogP contribution is -2.40. The van der Waals surface area contributed by atoms with Crippen molar-refractivity contribution < 1.29 is 18.1 Å². The van der Waals surface area contributed by atoms with Crippen LogP contribution in [0.25, 0.3) is 0 Å². The smallest absolute Gasteiger partial charge is 0.270 e. The van der Waals surface area contributed by atoms with Crippen LogP contribution in [0.15, 0.2) is 88.9 Å². The summed E-state index contributed by atoms with van der Waals surface area (Å²) >= 11 is 0. The van der Waals surface area contributed by atoms with Crippen LogP contribution in [0.3, 0.4) is 0 Å². The number of nitro benzene ring substituents is 1. The average Bonchev–Trinajstić information content (AvgIpc) is 2.82. The van der Waals surface area contributed by atoms with Crippen molar-refractivity contribution in [1.29, 1.82) is 0 Å². The third kappa shape index (κ3) is 5.60. The molecule has 0 bridgehead atoms. The molecule has 0 aliphatic heterocycles. The molecule has 0 saturated carbocycles. The molecule has 0 spiro atoms. The molecule has 0 unspecified atom stereocenters. The zero-order chi connectivity index (χ0) is 24.0. The predicted molar refractivity (Wildman–Crippen MR) is 126 cm³/mol. The molecule has 0 aliphatic carbocycles. The second-order valence-electron chi connectivity index (χ2n) is 7.15. The quantitative estimate of drug-likeness (QED) is 0.309. The van der Waals surface area contributed by atoms with Crippen molar-refractivity contribution in [3.8, 4) is 0 Å². The summed E-state index contributed by atoms with van der Waals surface area (Å²) in [7, 11) is -4.03. The van der Waals surface area contributed by atoms with E-state index in [1.165, 1.54) is 30.3 Å². The molecule has 0 aromatic heterocycles. The van der Waals surface area contributed by atoms with Crippen LogP contribution in [-0.4, -0.2) is 31.5 Å². The Morgan fingerprint density at radius 2 is 1.70 bits per heavy atom. The van der Waals surface area contributed by atoms with Gasteiger partial charge in [0, 0.05) is 17.7 Å². The minimum Gasteiger partial charge on any atom is -0.271 e. The fraction of sp³-hybridized carbons (Fsp3) is 0.130. The summed E-state index contributed by atoms with van der Waals surface area (Å²) in [5, 5.41) is 15.0. The Balaban J connectivity index is 1.87. The molecule has 0 aliphatic rings. The number of carbonyl (C=O) groups is 1. The number of hydrogen-bond acceptors (Lipinski definition) is 6. The van der Waals surface area contributed by atoms with Crippen molar-refractivity contribution in [3.05, 3.63) is 100 Å². The Morgan fingerprint density at radius 1 is 1.03 bits per heavy atom. The standard InChI is InChI=1S/C23H22N4O5S/c1-17-9-6-7-14-22(17)26(33(31,32)21-12-4-3-5-13-21)16-23(28)25-24-18(2)19-10-8-11-20(15-19)27(29)30/h3-15H,16H2,1-2H3,(H,25,28)/b24-18-. The van der Waals surface area contributed by atoms with Gasteiger partial charge in [-0.05, 0) is 37.6 Å². The lowest BCUT2D eigenvalue weighted by atomic mass is 10.1. The van der Waals surface area contributed by atoms with Crippen molar-refractivity contribution in [3.63, 3.8) is 0 Å². The van der Waals surface area contributed by atoms with E-state index in [1.54, 1.807) is 62.4 Å². The molecule has 0 saturated heterocycles. The predicted octanol–water partition coefficient (Wildman–Crippen LogP) is 3.64. The van der Waals surface area contributed by atoms with Crippen LogP contribution in [-0.2, 0) is 14.8 Å². The monoisotopic (exact) mass is 466 g/mol. The van der Waals surface area contributed by atoms with Crippen molar-refractivity contribution in [2.75, 3.05) is 10.8 Å². The van der Waals surface area contributed by atoms with Gasteiger partial charge in [0.15, 0.2) is 0 Å². The molecule has 3 aromatic carbocycles. The number of para-hydroxylation sites is 1. The summed E-state index contributed by atoms with van der Waals surface area (Å²) in [4.78, 5) is 23.2. The summed E-state index contributed by atoms with van der Waals surface area (Å²) in [6.45, 7) is 2.83. The largest absolute Gasteiger partial charge is 0.271 e. The molecule has 10 heteroatoms. The summed E-state index contributed by atoms with van der Waals surface area (Å²) < 4.78 is 27.7. The molecular weight excluding hydrogens is 444 g/mol. The Labute approximate surface area is 191 Å². The van der Waals surface area contributed by atoms with Gasteiger partial charge >= 0.3 is 0 Å². The van der Waals surface area contributed by atoms with Gasteiger partial charge in [0.2, 0.25) is 0 Å². The van der Waals surface area contributed by atoms with Crippen LogP contribution in [0.2, 0.25) is 0 Å². The summed E-state index contributed by atoms with van der Waals surface area (Å²) in [5.41, 5.74) is 4.08. The van der Waals surface area contributed by atoms with Gasteiger partial charge in [-0.3, -0.25) is 19.2 Å².